The van der Waals surface area contributed by atoms with E-state index in [2.05, 4.69) is 15.1 Å². The van der Waals surface area contributed by atoms with Gasteiger partial charge in [0.05, 0.1) is 10.6 Å². The molecule has 2 N–H and O–H groups in total. The van der Waals surface area contributed by atoms with Gasteiger partial charge in [0.15, 0.2) is 5.82 Å². The summed E-state index contributed by atoms with van der Waals surface area (Å²) in [6.45, 7) is 3.81. The molecule has 1 atom stereocenters. The topological polar surface area (TPSA) is 110 Å². The maximum absolute atomic E-state index is 13.3. The third-order valence-corrected chi connectivity index (χ3v) is 7.61. The first-order valence-corrected chi connectivity index (χ1v) is 12.4. The lowest BCUT2D eigenvalue weighted by Gasteiger charge is -2.41. The highest BCUT2D eigenvalue weighted by Gasteiger charge is 2.48. The van der Waals surface area contributed by atoms with Gasteiger partial charge < -0.3 is 14.9 Å². The van der Waals surface area contributed by atoms with Crippen molar-refractivity contribution < 1.29 is 19.7 Å². The minimum atomic E-state index is -0.771. The normalized spacial score (nSPS) is 21.2. The van der Waals surface area contributed by atoms with Crippen LogP contribution in [0.3, 0.4) is 0 Å². The van der Waals surface area contributed by atoms with Crippen molar-refractivity contribution in [1.82, 2.24) is 19.6 Å². The maximum atomic E-state index is 13.3. The summed E-state index contributed by atoms with van der Waals surface area (Å²) in [5.41, 5.74) is 2.11. The number of phenolic OH excluding ortho intramolecular Hbond substituents is 1. The van der Waals surface area contributed by atoms with Crippen molar-refractivity contribution in [1.29, 1.82) is 0 Å². The van der Waals surface area contributed by atoms with Gasteiger partial charge in [-0.05, 0) is 69.2 Å². The maximum Gasteiger partial charge on any atom is 0.338 e. The van der Waals surface area contributed by atoms with E-state index in [1.165, 1.54) is 0 Å². The largest absolute Gasteiger partial charge is 0.512 e. The van der Waals surface area contributed by atoms with E-state index in [4.69, 9.17) is 16.3 Å². The SMILES string of the molecule is Cc1cc(C)n2nc(CC3=C(O)CC(CCc4ccc(O)c(Cl)c4)(C4CCCC4)OC3=O)nc2n1. The number of nitrogens with zero attached hydrogens (tertiary/aromatic N) is 4. The predicted octanol–water partition coefficient (Wildman–Crippen LogP) is 4.96. The lowest BCUT2D eigenvalue weighted by molar-refractivity contribution is -0.167. The fourth-order valence-corrected chi connectivity index (χ4v) is 5.69. The fourth-order valence-electron chi connectivity index (χ4n) is 5.49. The van der Waals surface area contributed by atoms with Crippen LogP contribution in [0.25, 0.3) is 5.78 Å². The lowest BCUT2D eigenvalue weighted by atomic mass is 9.76. The second-order valence-corrected chi connectivity index (χ2v) is 10.2. The molecule has 5 rings (SSSR count). The Bertz CT molecular complexity index is 1330. The van der Waals surface area contributed by atoms with Crippen molar-refractivity contribution in [3.8, 4) is 5.75 Å². The number of hydrogen-bond acceptors (Lipinski definition) is 7. The Morgan fingerprint density at radius 1 is 1.17 bits per heavy atom. The number of cyclic esters (lactones) is 1. The number of aliphatic hydroxyl groups excluding tert-OH is 1. The molecule has 2 aromatic heterocycles. The van der Waals surface area contributed by atoms with Gasteiger partial charge in [-0.3, -0.25) is 0 Å². The molecule has 184 valence electrons. The summed E-state index contributed by atoms with van der Waals surface area (Å²) < 4.78 is 7.83. The standard InChI is InChI=1S/C26H29ClN4O4/c1-15-11-16(2)31-25(28-15)29-23(30-31)13-19-22(33)14-26(35-24(19)34,18-5-3-4-6-18)10-9-17-7-8-21(32)20(27)12-17/h7-8,11-12,18,32-33H,3-6,9-10,13-14H2,1-2H3. The number of esters is 1. The molecule has 1 aliphatic heterocycles. The van der Waals surface area contributed by atoms with E-state index in [1.807, 2.05) is 26.0 Å². The predicted molar refractivity (Wildman–Crippen MR) is 130 cm³/mol. The third kappa shape index (κ3) is 4.59. The van der Waals surface area contributed by atoms with Crippen LogP contribution in [-0.4, -0.2) is 41.4 Å². The van der Waals surface area contributed by atoms with Crippen LogP contribution >= 0.6 is 11.6 Å². The van der Waals surface area contributed by atoms with Crippen LogP contribution in [0.4, 0.5) is 0 Å². The highest BCUT2D eigenvalue weighted by atomic mass is 35.5. The Kier molecular flexibility index (Phi) is 6.17. The molecular formula is C26H29ClN4O4. The molecule has 1 aromatic carbocycles. The van der Waals surface area contributed by atoms with E-state index < -0.39 is 11.6 Å². The van der Waals surface area contributed by atoms with Gasteiger partial charge in [0.25, 0.3) is 5.78 Å². The summed E-state index contributed by atoms with van der Waals surface area (Å²) in [6, 6.07) is 7.04. The van der Waals surface area contributed by atoms with Gasteiger partial charge in [0.2, 0.25) is 0 Å². The molecule has 3 heterocycles. The number of aliphatic hydroxyl groups is 1. The van der Waals surface area contributed by atoms with Crippen LogP contribution in [0, 0.1) is 19.8 Å². The number of carbonyl (C=O) groups is 1. The van der Waals surface area contributed by atoms with E-state index in [1.54, 1.807) is 16.6 Å². The van der Waals surface area contributed by atoms with Gasteiger partial charge in [0, 0.05) is 24.2 Å². The van der Waals surface area contributed by atoms with Crippen LogP contribution in [0.2, 0.25) is 5.02 Å². The number of rotatable bonds is 6. The fraction of sp³-hybridized carbons (Fsp3) is 0.462. The summed E-state index contributed by atoms with van der Waals surface area (Å²) >= 11 is 6.09. The number of halogens is 1. The third-order valence-electron chi connectivity index (χ3n) is 7.30. The average molecular weight is 497 g/mol. The number of benzene rings is 1. The number of aromatic nitrogens is 4. The zero-order valence-corrected chi connectivity index (χ0v) is 20.7. The van der Waals surface area contributed by atoms with Crippen molar-refractivity contribution in [2.24, 2.45) is 5.92 Å². The Labute approximate surface area is 208 Å². The van der Waals surface area contributed by atoms with Crippen LogP contribution in [0.15, 0.2) is 35.6 Å². The molecule has 0 amide bonds. The Balaban J connectivity index is 1.41. The second kappa shape index (κ2) is 9.15. The van der Waals surface area contributed by atoms with Crippen molar-refractivity contribution in [3.05, 3.63) is 63.4 Å². The lowest BCUT2D eigenvalue weighted by Crippen LogP contribution is -2.46. The number of ether oxygens (including phenoxy) is 1. The smallest absolute Gasteiger partial charge is 0.338 e. The minimum Gasteiger partial charge on any atom is -0.512 e. The molecular weight excluding hydrogens is 468 g/mol. The first-order chi connectivity index (χ1) is 16.7. The summed E-state index contributed by atoms with van der Waals surface area (Å²) in [5.74, 6) is 0.648. The minimum absolute atomic E-state index is 0.0383. The Morgan fingerprint density at radius 2 is 1.94 bits per heavy atom. The van der Waals surface area contributed by atoms with Crippen molar-refractivity contribution in [2.75, 3.05) is 0 Å². The summed E-state index contributed by atoms with van der Waals surface area (Å²) in [6.07, 6.45) is 5.64. The first kappa shape index (κ1) is 23.6. The van der Waals surface area contributed by atoms with E-state index in [0.717, 1.165) is 42.6 Å². The highest BCUT2D eigenvalue weighted by molar-refractivity contribution is 6.32. The van der Waals surface area contributed by atoms with Crippen LogP contribution in [0.1, 0.15) is 61.3 Å². The van der Waals surface area contributed by atoms with Crippen molar-refractivity contribution in [3.63, 3.8) is 0 Å². The van der Waals surface area contributed by atoms with E-state index in [9.17, 15) is 15.0 Å². The van der Waals surface area contributed by atoms with Gasteiger partial charge in [0.1, 0.15) is 17.1 Å². The molecule has 1 unspecified atom stereocenters. The van der Waals surface area contributed by atoms with E-state index >= 15 is 0 Å². The molecule has 0 saturated heterocycles. The van der Waals surface area contributed by atoms with Gasteiger partial charge in [-0.25, -0.2) is 14.3 Å². The number of fused-ring (bicyclic) bond motifs is 1. The summed E-state index contributed by atoms with van der Waals surface area (Å²) in [7, 11) is 0. The molecule has 0 spiro atoms. The van der Waals surface area contributed by atoms with Crippen molar-refractivity contribution >= 4 is 23.3 Å². The second-order valence-electron chi connectivity index (χ2n) is 9.78. The number of carbonyl (C=O) groups excluding carboxylic acids is 1. The number of hydrogen-bond donors (Lipinski definition) is 2. The molecule has 35 heavy (non-hydrogen) atoms. The molecule has 0 bridgehead atoms. The van der Waals surface area contributed by atoms with Crippen molar-refractivity contribution in [2.45, 2.75) is 70.8 Å². The van der Waals surface area contributed by atoms with E-state index in [0.29, 0.717) is 29.5 Å². The van der Waals surface area contributed by atoms with Crippen LogP contribution < -0.4 is 0 Å². The number of phenols is 1. The average Bonchev–Trinajstić information content (AvgIpc) is 3.48. The Hall–Kier alpha value is -3.13. The molecule has 1 saturated carbocycles. The van der Waals surface area contributed by atoms with Gasteiger partial charge in [-0.2, -0.15) is 4.98 Å². The number of aryl methyl sites for hydroxylation is 3. The zero-order chi connectivity index (χ0) is 24.7. The summed E-state index contributed by atoms with van der Waals surface area (Å²) in [4.78, 5) is 22.1. The van der Waals surface area contributed by atoms with Gasteiger partial charge in [-0.15, -0.1) is 5.10 Å². The molecule has 8 nitrogen and oxygen atoms in total. The van der Waals surface area contributed by atoms with E-state index in [-0.39, 0.29) is 35.8 Å². The molecule has 3 aromatic rings. The quantitative estimate of drug-likeness (QED) is 0.464. The summed E-state index contributed by atoms with van der Waals surface area (Å²) in [5, 5.41) is 25.6. The molecule has 2 aliphatic rings. The van der Waals surface area contributed by atoms with Crippen LogP contribution in [-0.2, 0) is 22.4 Å². The monoisotopic (exact) mass is 496 g/mol. The van der Waals surface area contributed by atoms with Crippen LogP contribution in [0.5, 0.6) is 5.75 Å². The first-order valence-electron chi connectivity index (χ1n) is 12.1. The molecule has 1 aliphatic carbocycles. The van der Waals surface area contributed by atoms with Gasteiger partial charge >= 0.3 is 5.97 Å². The molecule has 1 fully saturated rings. The number of aromatic hydroxyl groups is 1. The van der Waals surface area contributed by atoms with Gasteiger partial charge in [-0.1, -0.05) is 30.5 Å². The zero-order valence-electron chi connectivity index (χ0n) is 19.9. The molecule has 0 radical (unpaired) electrons. The highest BCUT2D eigenvalue weighted by Crippen LogP contribution is 2.46. The molecule has 9 heteroatoms. The Morgan fingerprint density at radius 3 is 2.66 bits per heavy atom.